The van der Waals surface area contributed by atoms with Crippen molar-refractivity contribution in [1.29, 1.82) is 0 Å². The highest BCUT2D eigenvalue weighted by Gasteiger charge is 2.12. The van der Waals surface area contributed by atoms with Gasteiger partial charge in [0.1, 0.15) is 5.69 Å². The van der Waals surface area contributed by atoms with Crippen molar-refractivity contribution in [3.05, 3.63) is 36.0 Å². The second kappa shape index (κ2) is 5.01. The zero-order chi connectivity index (χ0) is 12.3. The normalized spacial score (nSPS) is 12.6. The molecule has 0 aliphatic carbocycles. The summed E-state index contributed by atoms with van der Waals surface area (Å²) in [5, 5.41) is 3.94. The first-order valence-corrected chi connectivity index (χ1v) is 5.83. The largest absolute Gasteiger partial charge is 0.351 e. The Morgan fingerprint density at radius 1 is 1.47 bits per heavy atom. The molecule has 0 spiro atoms. The summed E-state index contributed by atoms with van der Waals surface area (Å²) >= 11 is 0. The summed E-state index contributed by atoms with van der Waals surface area (Å²) in [7, 11) is 0. The molecule has 17 heavy (non-hydrogen) atoms. The summed E-state index contributed by atoms with van der Waals surface area (Å²) in [6.07, 6.45) is 0.836. The number of rotatable bonds is 4. The number of amides is 1. The van der Waals surface area contributed by atoms with E-state index < -0.39 is 0 Å². The Morgan fingerprint density at radius 2 is 2.24 bits per heavy atom. The van der Waals surface area contributed by atoms with Crippen molar-refractivity contribution >= 4 is 16.8 Å². The van der Waals surface area contributed by atoms with E-state index in [9.17, 15) is 4.79 Å². The van der Waals surface area contributed by atoms with Gasteiger partial charge in [0.2, 0.25) is 0 Å². The predicted octanol–water partition coefficient (Wildman–Crippen LogP) is 1.63. The Hall–Kier alpha value is -1.81. The minimum Gasteiger partial charge on any atom is -0.351 e. The lowest BCUT2D eigenvalue weighted by Gasteiger charge is -2.13. The zero-order valence-electron chi connectivity index (χ0n) is 9.86. The van der Waals surface area contributed by atoms with Crippen LogP contribution in [0.4, 0.5) is 0 Å². The van der Waals surface area contributed by atoms with E-state index in [2.05, 4.69) is 10.3 Å². The summed E-state index contributed by atoms with van der Waals surface area (Å²) in [4.78, 5) is 15.0. The lowest BCUT2D eigenvalue weighted by Crippen LogP contribution is -2.39. The number of aromatic nitrogens is 1. The van der Waals surface area contributed by atoms with E-state index in [0.29, 0.717) is 12.2 Å². The summed E-state index contributed by atoms with van der Waals surface area (Å²) < 4.78 is 0. The summed E-state index contributed by atoms with van der Waals surface area (Å²) in [5.41, 5.74) is 7.11. The quantitative estimate of drug-likeness (QED) is 0.748. The molecule has 0 saturated heterocycles. The molecule has 90 valence electrons. The van der Waals surface area contributed by atoms with Gasteiger partial charge in [0, 0.05) is 23.5 Å². The van der Waals surface area contributed by atoms with Gasteiger partial charge in [0.05, 0.1) is 0 Å². The molecule has 0 aliphatic heterocycles. The molecule has 0 bridgehead atoms. The molecular formula is C13H17N3O. The zero-order valence-corrected chi connectivity index (χ0v) is 9.86. The van der Waals surface area contributed by atoms with Gasteiger partial charge in [-0.2, -0.15) is 0 Å². The van der Waals surface area contributed by atoms with E-state index in [0.717, 1.165) is 17.3 Å². The van der Waals surface area contributed by atoms with E-state index in [4.69, 9.17) is 5.73 Å². The van der Waals surface area contributed by atoms with Crippen LogP contribution in [0.5, 0.6) is 0 Å². The van der Waals surface area contributed by atoms with Gasteiger partial charge >= 0.3 is 0 Å². The van der Waals surface area contributed by atoms with Crippen LogP contribution in [0.3, 0.4) is 0 Å². The van der Waals surface area contributed by atoms with Crippen LogP contribution in [0, 0.1) is 0 Å². The molecule has 1 aromatic heterocycles. The number of aromatic amines is 1. The van der Waals surface area contributed by atoms with Crippen molar-refractivity contribution in [2.45, 2.75) is 19.4 Å². The molecule has 0 radical (unpaired) electrons. The Morgan fingerprint density at radius 3 is 2.88 bits per heavy atom. The van der Waals surface area contributed by atoms with Crippen LogP contribution in [0.15, 0.2) is 30.3 Å². The molecule has 4 heteroatoms. The highest BCUT2D eigenvalue weighted by Crippen LogP contribution is 2.14. The number of carbonyl (C=O) groups excluding carboxylic acids is 1. The summed E-state index contributed by atoms with van der Waals surface area (Å²) in [6, 6.07) is 9.71. The van der Waals surface area contributed by atoms with E-state index in [1.807, 2.05) is 37.3 Å². The highest BCUT2D eigenvalue weighted by molar-refractivity contribution is 5.98. The molecule has 4 nitrogen and oxygen atoms in total. The molecule has 4 N–H and O–H groups in total. The van der Waals surface area contributed by atoms with Gasteiger partial charge in [-0.15, -0.1) is 0 Å². The Bertz CT molecular complexity index is 481. The topological polar surface area (TPSA) is 70.9 Å². The maximum atomic E-state index is 11.9. The van der Waals surface area contributed by atoms with Crippen molar-refractivity contribution in [1.82, 2.24) is 10.3 Å². The molecule has 1 unspecified atom stereocenters. The van der Waals surface area contributed by atoms with Crippen LogP contribution in [-0.2, 0) is 0 Å². The van der Waals surface area contributed by atoms with Gasteiger partial charge in [-0.05, 0) is 18.6 Å². The van der Waals surface area contributed by atoms with Gasteiger partial charge in [-0.25, -0.2) is 0 Å². The number of hydrogen-bond donors (Lipinski definition) is 3. The summed E-state index contributed by atoms with van der Waals surface area (Å²) in [6.45, 7) is 2.46. The number of fused-ring (bicyclic) bond motifs is 1. The fourth-order valence-electron chi connectivity index (χ4n) is 1.79. The summed E-state index contributed by atoms with van der Waals surface area (Å²) in [5.74, 6) is -0.0986. The van der Waals surface area contributed by atoms with Crippen LogP contribution in [0.1, 0.15) is 23.8 Å². The van der Waals surface area contributed by atoms with Crippen molar-refractivity contribution < 1.29 is 4.79 Å². The van der Waals surface area contributed by atoms with Gasteiger partial charge in [-0.3, -0.25) is 4.79 Å². The van der Waals surface area contributed by atoms with Gasteiger partial charge in [-0.1, -0.05) is 25.1 Å². The minimum absolute atomic E-state index is 0.0360. The van der Waals surface area contributed by atoms with E-state index >= 15 is 0 Å². The van der Waals surface area contributed by atoms with Crippen LogP contribution < -0.4 is 11.1 Å². The number of nitrogens with one attached hydrogen (secondary N) is 2. The fraction of sp³-hybridized carbons (Fsp3) is 0.308. The Kier molecular flexibility index (Phi) is 3.44. The molecule has 0 fully saturated rings. The lowest BCUT2D eigenvalue weighted by atomic mass is 10.2. The van der Waals surface area contributed by atoms with Crippen molar-refractivity contribution in [3.8, 4) is 0 Å². The minimum atomic E-state index is -0.0986. The molecule has 1 heterocycles. The number of H-pyrrole nitrogens is 1. The number of benzene rings is 1. The molecular weight excluding hydrogens is 214 g/mol. The molecule has 2 rings (SSSR count). The van der Waals surface area contributed by atoms with Crippen LogP contribution >= 0.6 is 0 Å². The fourth-order valence-corrected chi connectivity index (χ4v) is 1.79. The van der Waals surface area contributed by atoms with Crippen LogP contribution in [-0.4, -0.2) is 23.5 Å². The molecule has 0 saturated carbocycles. The number of carbonyl (C=O) groups is 1. The average molecular weight is 231 g/mol. The van der Waals surface area contributed by atoms with Crippen molar-refractivity contribution in [2.24, 2.45) is 5.73 Å². The second-order valence-corrected chi connectivity index (χ2v) is 4.08. The van der Waals surface area contributed by atoms with E-state index in [1.54, 1.807) is 0 Å². The van der Waals surface area contributed by atoms with Gasteiger partial charge in [0.15, 0.2) is 0 Å². The molecule has 0 aliphatic rings. The Labute approximate surface area is 100 Å². The third-order valence-electron chi connectivity index (χ3n) is 2.89. The van der Waals surface area contributed by atoms with Crippen LogP contribution in [0.2, 0.25) is 0 Å². The maximum absolute atomic E-state index is 11.9. The van der Waals surface area contributed by atoms with Gasteiger partial charge < -0.3 is 16.0 Å². The SMILES string of the molecule is CCC(CN)NC(=O)c1cc2ccccc2[nH]1. The molecule has 1 aromatic carbocycles. The average Bonchev–Trinajstić information content (AvgIpc) is 2.79. The predicted molar refractivity (Wildman–Crippen MR) is 68.9 cm³/mol. The van der Waals surface area contributed by atoms with E-state index in [1.165, 1.54) is 0 Å². The molecule has 1 amide bonds. The Balaban J connectivity index is 2.19. The number of nitrogens with two attached hydrogens (primary N) is 1. The first-order chi connectivity index (χ1) is 8.24. The second-order valence-electron chi connectivity index (χ2n) is 4.08. The first kappa shape index (κ1) is 11.7. The standard InChI is InChI=1S/C13H17N3O/c1-2-10(8-14)15-13(17)12-7-9-5-3-4-6-11(9)16-12/h3-7,10,16H,2,8,14H2,1H3,(H,15,17). The van der Waals surface area contributed by atoms with E-state index in [-0.39, 0.29) is 11.9 Å². The molecule has 2 aromatic rings. The van der Waals surface area contributed by atoms with Gasteiger partial charge in [0.25, 0.3) is 5.91 Å². The monoisotopic (exact) mass is 231 g/mol. The number of hydrogen-bond acceptors (Lipinski definition) is 2. The highest BCUT2D eigenvalue weighted by atomic mass is 16.1. The smallest absolute Gasteiger partial charge is 0.267 e. The van der Waals surface area contributed by atoms with Crippen LogP contribution in [0.25, 0.3) is 10.9 Å². The van der Waals surface area contributed by atoms with Crippen molar-refractivity contribution in [2.75, 3.05) is 6.54 Å². The lowest BCUT2D eigenvalue weighted by molar-refractivity contribution is 0.0933. The third-order valence-corrected chi connectivity index (χ3v) is 2.89. The van der Waals surface area contributed by atoms with Crippen molar-refractivity contribution in [3.63, 3.8) is 0 Å². The molecule has 1 atom stereocenters. The number of para-hydroxylation sites is 1. The maximum Gasteiger partial charge on any atom is 0.267 e. The third kappa shape index (κ3) is 2.47. The first-order valence-electron chi connectivity index (χ1n) is 5.83.